The molecule has 23 heavy (non-hydrogen) atoms. The van der Waals surface area contributed by atoms with Crippen molar-refractivity contribution in [3.63, 3.8) is 0 Å². The molecule has 0 saturated carbocycles. The van der Waals surface area contributed by atoms with E-state index in [2.05, 4.69) is 41.3 Å². The molecular weight excluding hydrogens is 406 g/mol. The summed E-state index contributed by atoms with van der Waals surface area (Å²) >= 11 is 0. The van der Waals surface area contributed by atoms with Crippen molar-refractivity contribution in [2.24, 2.45) is 10.9 Å². The molecule has 1 aromatic rings. The first-order valence-electron chi connectivity index (χ1n) is 7.96. The number of hydrogen-bond donors (Lipinski definition) is 2. The highest BCUT2D eigenvalue weighted by Gasteiger charge is 2.31. The van der Waals surface area contributed by atoms with Gasteiger partial charge < -0.3 is 10.6 Å². The van der Waals surface area contributed by atoms with Crippen molar-refractivity contribution in [3.8, 4) is 0 Å². The topological polar surface area (TPSA) is 39.7 Å². The third-order valence-corrected chi connectivity index (χ3v) is 4.32. The maximum atomic E-state index is 13.6. The van der Waals surface area contributed by atoms with Crippen LogP contribution in [0.25, 0.3) is 0 Å². The third kappa shape index (κ3) is 5.60. The second-order valence-corrected chi connectivity index (χ2v) is 6.29. The number of aliphatic imine (C=N–C) groups is 1. The van der Waals surface area contributed by atoms with Crippen molar-refractivity contribution in [1.29, 1.82) is 0 Å². The molecule has 2 atom stereocenters. The highest BCUT2D eigenvalue weighted by Crippen LogP contribution is 2.18. The van der Waals surface area contributed by atoms with Crippen molar-refractivity contribution in [1.82, 2.24) is 15.5 Å². The van der Waals surface area contributed by atoms with E-state index >= 15 is 0 Å². The zero-order valence-corrected chi connectivity index (χ0v) is 16.7. The monoisotopic (exact) mass is 434 g/mol. The van der Waals surface area contributed by atoms with Crippen molar-refractivity contribution in [2.45, 2.75) is 39.4 Å². The van der Waals surface area contributed by atoms with Gasteiger partial charge in [-0.05, 0) is 25.8 Å². The fourth-order valence-corrected chi connectivity index (χ4v) is 2.80. The number of benzene rings is 1. The van der Waals surface area contributed by atoms with Crippen molar-refractivity contribution < 1.29 is 4.39 Å². The second kappa shape index (κ2) is 9.42. The molecule has 1 aromatic carbocycles. The predicted octanol–water partition coefficient (Wildman–Crippen LogP) is 2.84. The SMILES string of the molecule is CN=C(NCc1ccccc1F)NC1CN(C(C)C)CC1C.I. The first-order valence-corrected chi connectivity index (χ1v) is 7.96. The van der Waals surface area contributed by atoms with Crippen LogP contribution in [-0.4, -0.2) is 43.1 Å². The number of nitrogens with zero attached hydrogens (tertiary/aromatic N) is 2. The molecule has 0 aromatic heterocycles. The standard InChI is InChI=1S/C17H27FN4.HI/c1-12(2)22-10-13(3)16(11-22)21-17(19-4)20-9-14-7-5-6-8-15(14)18;/h5-8,12-13,16H,9-11H2,1-4H3,(H2,19,20,21);1H. The average Bonchev–Trinajstić information content (AvgIpc) is 2.86. The summed E-state index contributed by atoms with van der Waals surface area (Å²) in [6.07, 6.45) is 0. The molecule has 4 nitrogen and oxygen atoms in total. The lowest BCUT2D eigenvalue weighted by Crippen LogP contribution is -2.46. The van der Waals surface area contributed by atoms with Crippen LogP contribution in [-0.2, 0) is 6.54 Å². The fraction of sp³-hybridized carbons (Fsp3) is 0.588. The van der Waals surface area contributed by atoms with Crippen LogP contribution >= 0.6 is 24.0 Å². The smallest absolute Gasteiger partial charge is 0.191 e. The van der Waals surface area contributed by atoms with Crippen LogP contribution in [0.5, 0.6) is 0 Å². The van der Waals surface area contributed by atoms with E-state index in [9.17, 15) is 4.39 Å². The van der Waals surface area contributed by atoms with Crippen LogP contribution in [0.15, 0.2) is 29.3 Å². The van der Waals surface area contributed by atoms with E-state index in [1.807, 2.05) is 6.07 Å². The van der Waals surface area contributed by atoms with Gasteiger partial charge in [-0.15, -0.1) is 24.0 Å². The Morgan fingerprint density at radius 2 is 2.04 bits per heavy atom. The molecule has 130 valence electrons. The highest BCUT2D eigenvalue weighted by molar-refractivity contribution is 14.0. The molecule has 6 heteroatoms. The Morgan fingerprint density at radius 3 is 2.61 bits per heavy atom. The van der Waals surface area contributed by atoms with Gasteiger partial charge in [0.25, 0.3) is 0 Å². The fourth-order valence-electron chi connectivity index (χ4n) is 2.80. The van der Waals surface area contributed by atoms with E-state index in [1.54, 1.807) is 19.2 Å². The molecule has 1 saturated heterocycles. The summed E-state index contributed by atoms with van der Waals surface area (Å²) in [5.41, 5.74) is 0.647. The maximum absolute atomic E-state index is 13.6. The van der Waals surface area contributed by atoms with E-state index in [1.165, 1.54) is 6.07 Å². The highest BCUT2D eigenvalue weighted by atomic mass is 127. The number of halogens is 2. The third-order valence-electron chi connectivity index (χ3n) is 4.32. The molecule has 2 rings (SSSR count). The van der Waals surface area contributed by atoms with Crippen molar-refractivity contribution in [3.05, 3.63) is 35.6 Å². The minimum atomic E-state index is -0.189. The van der Waals surface area contributed by atoms with Gasteiger partial charge in [0.15, 0.2) is 5.96 Å². The van der Waals surface area contributed by atoms with E-state index < -0.39 is 0 Å². The Hall–Kier alpha value is -0.890. The largest absolute Gasteiger partial charge is 0.352 e. The molecule has 1 aliphatic rings. The summed E-state index contributed by atoms with van der Waals surface area (Å²) in [7, 11) is 1.75. The molecule has 0 radical (unpaired) electrons. The van der Waals surface area contributed by atoms with Crippen LogP contribution in [0.4, 0.5) is 4.39 Å². The lowest BCUT2D eigenvalue weighted by molar-refractivity contribution is 0.265. The molecule has 0 amide bonds. The molecule has 1 fully saturated rings. The van der Waals surface area contributed by atoms with Crippen LogP contribution in [0, 0.1) is 11.7 Å². The Bertz CT molecular complexity index is 521. The summed E-state index contributed by atoms with van der Waals surface area (Å²) in [6.45, 7) is 9.24. The van der Waals surface area contributed by atoms with Gasteiger partial charge in [0.2, 0.25) is 0 Å². The van der Waals surface area contributed by atoms with E-state index in [4.69, 9.17) is 0 Å². The Labute approximate surface area is 156 Å². The summed E-state index contributed by atoms with van der Waals surface area (Å²) in [6, 6.07) is 7.74. The minimum absolute atomic E-state index is 0. The zero-order chi connectivity index (χ0) is 16.1. The number of rotatable bonds is 4. The van der Waals surface area contributed by atoms with E-state index in [-0.39, 0.29) is 29.8 Å². The Balaban J connectivity index is 0.00000264. The van der Waals surface area contributed by atoms with Crippen LogP contribution < -0.4 is 10.6 Å². The van der Waals surface area contributed by atoms with Gasteiger partial charge in [0.05, 0.1) is 0 Å². The maximum Gasteiger partial charge on any atom is 0.191 e. The summed E-state index contributed by atoms with van der Waals surface area (Å²) in [4.78, 5) is 6.72. The minimum Gasteiger partial charge on any atom is -0.352 e. The summed E-state index contributed by atoms with van der Waals surface area (Å²) in [5.74, 6) is 1.10. The average molecular weight is 434 g/mol. The van der Waals surface area contributed by atoms with Crippen LogP contribution in [0.2, 0.25) is 0 Å². The van der Waals surface area contributed by atoms with Gasteiger partial charge in [0.1, 0.15) is 5.82 Å². The molecule has 1 heterocycles. The quantitative estimate of drug-likeness (QED) is 0.435. The van der Waals surface area contributed by atoms with Gasteiger partial charge in [0, 0.05) is 44.3 Å². The predicted molar refractivity (Wildman–Crippen MR) is 105 cm³/mol. The molecule has 0 aliphatic carbocycles. The molecular formula is C17H28FIN4. The van der Waals surface area contributed by atoms with Crippen LogP contribution in [0.1, 0.15) is 26.3 Å². The second-order valence-electron chi connectivity index (χ2n) is 6.29. The van der Waals surface area contributed by atoms with E-state index in [0.29, 0.717) is 30.1 Å². The lowest BCUT2D eigenvalue weighted by Gasteiger charge is -2.22. The first kappa shape index (κ1) is 20.2. The number of likely N-dealkylation sites (tertiary alicyclic amines) is 1. The first-order chi connectivity index (χ1) is 10.5. The Morgan fingerprint density at radius 1 is 1.35 bits per heavy atom. The number of nitrogens with one attached hydrogen (secondary N) is 2. The molecule has 0 spiro atoms. The van der Waals surface area contributed by atoms with Gasteiger partial charge >= 0.3 is 0 Å². The molecule has 0 bridgehead atoms. The van der Waals surface area contributed by atoms with Crippen LogP contribution in [0.3, 0.4) is 0 Å². The summed E-state index contributed by atoms with van der Waals surface area (Å²) in [5, 5.41) is 6.66. The molecule has 1 aliphatic heterocycles. The number of hydrogen-bond acceptors (Lipinski definition) is 2. The van der Waals surface area contributed by atoms with Crippen molar-refractivity contribution >= 4 is 29.9 Å². The Kier molecular flexibility index (Phi) is 8.25. The number of guanidine groups is 1. The van der Waals surface area contributed by atoms with Gasteiger partial charge in [-0.2, -0.15) is 0 Å². The zero-order valence-electron chi connectivity index (χ0n) is 14.3. The normalized spacial score (nSPS) is 22.1. The molecule has 2 unspecified atom stereocenters. The van der Waals surface area contributed by atoms with Gasteiger partial charge in [-0.1, -0.05) is 25.1 Å². The lowest BCUT2D eigenvalue weighted by atomic mass is 10.1. The summed E-state index contributed by atoms with van der Waals surface area (Å²) < 4.78 is 13.6. The van der Waals surface area contributed by atoms with Gasteiger partial charge in [-0.3, -0.25) is 9.89 Å². The van der Waals surface area contributed by atoms with Crippen molar-refractivity contribution in [2.75, 3.05) is 20.1 Å². The van der Waals surface area contributed by atoms with Gasteiger partial charge in [-0.25, -0.2) is 4.39 Å². The molecule has 2 N–H and O–H groups in total. The van der Waals surface area contributed by atoms with E-state index in [0.717, 1.165) is 19.0 Å².